The molecule has 4 heteroatoms. The van der Waals surface area contributed by atoms with Gasteiger partial charge in [0.15, 0.2) is 5.78 Å². The Labute approximate surface area is 132 Å². The second-order valence-corrected chi connectivity index (χ2v) is 6.07. The summed E-state index contributed by atoms with van der Waals surface area (Å²) >= 11 is 0. The molecule has 0 radical (unpaired) electrons. The largest absolute Gasteiger partial charge is 0.444 e. The maximum absolute atomic E-state index is 11.4. The molecule has 1 rings (SSSR count). The van der Waals surface area contributed by atoms with Gasteiger partial charge in [-0.1, -0.05) is 17.9 Å². The summed E-state index contributed by atoms with van der Waals surface area (Å²) in [5.74, 6) is 6.10. The fraction of sp³-hybridized carbons (Fsp3) is 0.444. The van der Waals surface area contributed by atoms with Crippen LogP contribution in [0.3, 0.4) is 0 Å². The Kier molecular flexibility index (Phi) is 6.18. The average Bonchev–Trinajstić information content (AvgIpc) is 2.37. The molecule has 0 heterocycles. The minimum atomic E-state index is -0.495. The van der Waals surface area contributed by atoms with Crippen molar-refractivity contribution in [3.8, 4) is 11.8 Å². The highest BCUT2D eigenvalue weighted by atomic mass is 16.6. The van der Waals surface area contributed by atoms with Crippen molar-refractivity contribution in [2.75, 3.05) is 6.54 Å². The van der Waals surface area contributed by atoms with Crippen LogP contribution in [0.1, 0.15) is 55.6 Å². The summed E-state index contributed by atoms with van der Waals surface area (Å²) in [5.41, 5.74) is 2.06. The molecule has 0 saturated carbocycles. The number of alkyl carbamates (subject to hydrolysis) is 1. The molecule has 0 aliphatic heterocycles. The molecule has 0 aliphatic rings. The summed E-state index contributed by atoms with van der Waals surface area (Å²) in [6.45, 7) is 9.37. The Bertz CT molecular complexity index is 615. The van der Waals surface area contributed by atoms with E-state index in [9.17, 15) is 9.59 Å². The first-order chi connectivity index (χ1) is 10.2. The lowest BCUT2D eigenvalue weighted by Gasteiger charge is -2.19. The monoisotopic (exact) mass is 301 g/mol. The van der Waals surface area contributed by atoms with Crippen molar-refractivity contribution in [3.63, 3.8) is 0 Å². The van der Waals surface area contributed by atoms with E-state index in [1.165, 1.54) is 0 Å². The molecule has 22 heavy (non-hydrogen) atoms. The fourth-order valence-electron chi connectivity index (χ4n) is 1.72. The molecule has 1 amide bonds. The van der Waals surface area contributed by atoms with Crippen LogP contribution in [0.2, 0.25) is 0 Å². The van der Waals surface area contributed by atoms with E-state index in [1.807, 2.05) is 39.8 Å². The number of hydrogen-bond donors (Lipinski definition) is 1. The van der Waals surface area contributed by atoms with Crippen LogP contribution in [0.15, 0.2) is 18.2 Å². The van der Waals surface area contributed by atoms with E-state index < -0.39 is 11.7 Å². The van der Waals surface area contributed by atoms with Crippen LogP contribution >= 0.6 is 0 Å². The van der Waals surface area contributed by atoms with Crippen molar-refractivity contribution in [2.45, 2.75) is 46.6 Å². The van der Waals surface area contributed by atoms with Gasteiger partial charge in [-0.05, 0) is 52.3 Å². The number of amides is 1. The summed E-state index contributed by atoms with van der Waals surface area (Å²) in [5, 5.41) is 2.66. The summed E-state index contributed by atoms with van der Waals surface area (Å²) in [6, 6.07) is 5.46. The first-order valence-corrected chi connectivity index (χ1v) is 7.26. The van der Waals surface area contributed by atoms with Gasteiger partial charge in [0.2, 0.25) is 0 Å². The van der Waals surface area contributed by atoms with E-state index in [4.69, 9.17) is 4.74 Å². The third-order valence-electron chi connectivity index (χ3n) is 2.77. The Morgan fingerprint density at radius 2 is 1.95 bits per heavy atom. The van der Waals surface area contributed by atoms with Crippen LogP contribution in [0.5, 0.6) is 0 Å². The first-order valence-electron chi connectivity index (χ1n) is 7.26. The number of Topliss-reactive ketones (excluding diaryl/α,β-unsaturated/α-hetero) is 1. The molecule has 0 fully saturated rings. The minimum Gasteiger partial charge on any atom is -0.444 e. The van der Waals surface area contributed by atoms with E-state index in [0.717, 1.165) is 11.1 Å². The van der Waals surface area contributed by atoms with E-state index in [-0.39, 0.29) is 5.78 Å². The number of ether oxygens (including phenoxy) is 1. The second-order valence-electron chi connectivity index (χ2n) is 6.07. The zero-order valence-electron chi connectivity index (χ0n) is 13.9. The highest BCUT2D eigenvalue weighted by Gasteiger charge is 2.15. The lowest BCUT2D eigenvalue weighted by atomic mass is 10.0. The Morgan fingerprint density at radius 1 is 1.27 bits per heavy atom. The van der Waals surface area contributed by atoms with Crippen LogP contribution in [0.25, 0.3) is 0 Å². The van der Waals surface area contributed by atoms with Crippen LogP contribution in [0.4, 0.5) is 4.79 Å². The summed E-state index contributed by atoms with van der Waals surface area (Å²) in [7, 11) is 0. The second kappa shape index (κ2) is 7.65. The molecular weight excluding hydrogens is 278 g/mol. The standard InChI is InChI=1S/C18H23NO3/c1-13-12-16(14(2)20)10-9-15(13)8-6-7-11-19-17(21)22-18(3,4)5/h9-10,12H,7,11H2,1-5H3,(H,19,21). The third-order valence-corrected chi connectivity index (χ3v) is 2.77. The summed E-state index contributed by atoms with van der Waals surface area (Å²) in [6.07, 6.45) is 0.101. The van der Waals surface area contributed by atoms with Crippen molar-refractivity contribution < 1.29 is 14.3 Å². The van der Waals surface area contributed by atoms with E-state index >= 15 is 0 Å². The molecule has 1 aromatic rings. The zero-order valence-corrected chi connectivity index (χ0v) is 13.9. The van der Waals surface area contributed by atoms with E-state index in [1.54, 1.807) is 13.0 Å². The molecule has 0 atom stereocenters. The lowest BCUT2D eigenvalue weighted by molar-refractivity contribution is 0.0529. The zero-order chi connectivity index (χ0) is 16.8. The van der Waals surface area contributed by atoms with Gasteiger partial charge >= 0.3 is 6.09 Å². The average molecular weight is 301 g/mol. The van der Waals surface area contributed by atoms with Crippen molar-refractivity contribution in [1.82, 2.24) is 5.32 Å². The van der Waals surface area contributed by atoms with Crippen molar-refractivity contribution in [2.24, 2.45) is 0 Å². The van der Waals surface area contributed by atoms with Gasteiger partial charge in [0.05, 0.1) is 0 Å². The molecule has 0 bridgehead atoms. The van der Waals surface area contributed by atoms with Gasteiger partial charge in [0, 0.05) is 24.1 Å². The SMILES string of the molecule is CC(=O)c1ccc(C#CCCNC(=O)OC(C)(C)C)c(C)c1. The number of benzene rings is 1. The predicted molar refractivity (Wildman–Crippen MR) is 86.9 cm³/mol. The molecule has 0 aliphatic carbocycles. The van der Waals surface area contributed by atoms with Gasteiger partial charge in [-0.25, -0.2) is 4.79 Å². The van der Waals surface area contributed by atoms with Crippen LogP contribution < -0.4 is 5.32 Å². The van der Waals surface area contributed by atoms with Gasteiger partial charge < -0.3 is 10.1 Å². The lowest BCUT2D eigenvalue weighted by Crippen LogP contribution is -2.32. The number of rotatable bonds is 3. The van der Waals surface area contributed by atoms with Crippen molar-refractivity contribution in [3.05, 3.63) is 34.9 Å². The van der Waals surface area contributed by atoms with Crippen molar-refractivity contribution >= 4 is 11.9 Å². The van der Waals surface area contributed by atoms with Crippen LogP contribution in [0, 0.1) is 18.8 Å². The van der Waals surface area contributed by atoms with Gasteiger partial charge in [-0.3, -0.25) is 4.79 Å². The molecule has 0 aromatic heterocycles. The highest BCUT2D eigenvalue weighted by Crippen LogP contribution is 2.10. The van der Waals surface area contributed by atoms with E-state index in [0.29, 0.717) is 18.5 Å². The smallest absolute Gasteiger partial charge is 0.407 e. The molecule has 118 valence electrons. The first kappa shape index (κ1) is 17.8. The molecular formula is C18H23NO3. The molecule has 1 N–H and O–H groups in total. The number of carbonyl (C=O) groups excluding carboxylic acids is 2. The molecule has 0 spiro atoms. The predicted octanol–water partition coefficient (Wildman–Crippen LogP) is 3.46. The summed E-state index contributed by atoms with van der Waals surface area (Å²) in [4.78, 5) is 22.7. The van der Waals surface area contributed by atoms with Crippen LogP contribution in [-0.2, 0) is 4.74 Å². The number of hydrogen-bond acceptors (Lipinski definition) is 3. The molecule has 1 aromatic carbocycles. The number of carbonyl (C=O) groups is 2. The fourth-order valence-corrected chi connectivity index (χ4v) is 1.72. The molecule has 0 unspecified atom stereocenters. The van der Waals surface area contributed by atoms with Crippen LogP contribution in [-0.4, -0.2) is 24.0 Å². The quantitative estimate of drug-likeness (QED) is 0.528. The van der Waals surface area contributed by atoms with Gasteiger partial charge in [-0.2, -0.15) is 0 Å². The number of ketones is 1. The van der Waals surface area contributed by atoms with Gasteiger partial charge in [0.25, 0.3) is 0 Å². The van der Waals surface area contributed by atoms with Crippen molar-refractivity contribution in [1.29, 1.82) is 0 Å². The normalized spacial score (nSPS) is 10.4. The topological polar surface area (TPSA) is 55.4 Å². The number of aryl methyl sites for hydroxylation is 1. The summed E-state index contributed by atoms with van der Waals surface area (Å²) < 4.78 is 5.13. The maximum Gasteiger partial charge on any atom is 0.407 e. The maximum atomic E-state index is 11.4. The Hall–Kier alpha value is -2.28. The highest BCUT2D eigenvalue weighted by molar-refractivity contribution is 5.94. The minimum absolute atomic E-state index is 0.0455. The Morgan fingerprint density at radius 3 is 2.50 bits per heavy atom. The van der Waals surface area contributed by atoms with Gasteiger partial charge in [-0.15, -0.1) is 0 Å². The molecule has 4 nitrogen and oxygen atoms in total. The Balaban J connectivity index is 2.48. The van der Waals surface area contributed by atoms with E-state index in [2.05, 4.69) is 17.2 Å². The number of nitrogens with one attached hydrogen (secondary N) is 1. The third kappa shape index (κ3) is 6.45. The molecule has 0 saturated heterocycles. The van der Waals surface area contributed by atoms with Gasteiger partial charge in [0.1, 0.15) is 5.60 Å².